The number of hydrogen-bond donors (Lipinski definition) is 1. The maximum atomic E-state index is 13.7. The topological polar surface area (TPSA) is 15.3 Å². The Balaban J connectivity index is 1.25. The Kier molecular flexibility index (Phi) is 3.62. The predicted molar refractivity (Wildman–Crippen MR) is 95.8 cm³/mol. The number of anilines is 1. The SMILES string of the molecule is Fc1ccc2c(c1)C1(CCN(CC3CCC4CCC3C4)CC1)CN2. The lowest BCUT2D eigenvalue weighted by molar-refractivity contribution is 0.113. The highest BCUT2D eigenvalue weighted by atomic mass is 19.1. The minimum absolute atomic E-state index is 0.0859. The third-order valence-corrected chi connectivity index (χ3v) is 7.67. The van der Waals surface area contributed by atoms with Crippen LogP contribution < -0.4 is 5.32 Å². The Morgan fingerprint density at radius 1 is 1.12 bits per heavy atom. The average molecular weight is 328 g/mol. The predicted octanol–water partition coefficient (Wildman–Crippen LogP) is 4.41. The van der Waals surface area contributed by atoms with Gasteiger partial charge in [0.05, 0.1) is 0 Å². The molecule has 0 radical (unpaired) electrons. The van der Waals surface area contributed by atoms with Crippen LogP contribution in [-0.2, 0) is 5.41 Å². The standard InChI is InChI=1S/C21H29FN2/c22-18-5-6-20-19(12-18)21(14-23-20)7-9-24(10-8-21)13-17-4-2-15-1-3-16(17)11-15/h5-6,12,15-17,23H,1-4,7-11,13-14H2. The van der Waals surface area contributed by atoms with E-state index in [4.69, 9.17) is 0 Å². The summed E-state index contributed by atoms with van der Waals surface area (Å²) < 4.78 is 13.7. The first-order chi connectivity index (χ1) is 11.7. The van der Waals surface area contributed by atoms with E-state index in [2.05, 4.69) is 10.2 Å². The van der Waals surface area contributed by atoms with Gasteiger partial charge in [-0.25, -0.2) is 4.39 Å². The molecular weight excluding hydrogens is 299 g/mol. The van der Waals surface area contributed by atoms with E-state index in [-0.39, 0.29) is 11.2 Å². The van der Waals surface area contributed by atoms with Crippen LogP contribution in [0.15, 0.2) is 18.2 Å². The van der Waals surface area contributed by atoms with Gasteiger partial charge in [0.15, 0.2) is 0 Å². The van der Waals surface area contributed by atoms with Crippen LogP contribution in [0.1, 0.15) is 50.5 Å². The lowest BCUT2D eigenvalue weighted by Crippen LogP contribution is -2.46. The zero-order chi connectivity index (χ0) is 16.1. The molecule has 0 aromatic heterocycles. The molecular formula is C21H29FN2. The van der Waals surface area contributed by atoms with E-state index in [1.165, 1.54) is 70.1 Å². The Labute approximate surface area is 144 Å². The number of halogens is 1. The van der Waals surface area contributed by atoms with Crippen LogP contribution in [0.2, 0.25) is 0 Å². The number of likely N-dealkylation sites (tertiary alicyclic amines) is 1. The van der Waals surface area contributed by atoms with Crippen molar-refractivity contribution in [3.63, 3.8) is 0 Å². The van der Waals surface area contributed by atoms with Crippen LogP contribution in [0.3, 0.4) is 0 Å². The molecule has 2 saturated carbocycles. The molecule has 3 heteroatoms. The summed E-state index contributed by atoms with van der Waals surface area (Å²) in [6, 6.07) is 5.28. The molecule has 3 unspecified atom stereocenters. The Bertz CT molecular complexity index is 620. The van der Waals surface area contributed by atoms with Crippen LogP contribution >= 0.6 is 0 Å². The number of nitrogens with zero attached hydrogens (tertiary/aromatic N) is 1. The largest absolute Gasteiger partial charge is 0.384 e. The molecule has 0 amide bonds. The van der Waals surface area contributed by atoms with E-state index < -0.39 is 0 Å². The number of nitrogens with one attached hydrogen (secondary N) is 1. The van der Waals surface area contributed by atoms with Gasteiger partial charge in [0.1, 0.15) is 5.82 Å². The fourth-order valence-electron chi connectivity index (χ4n) is 6.14. The fraction of sp³-hybridized carbons (Fsp3) is 0.714. The summed E-state index contributed by atoms with van der Waals surface area (Å²) in [6.07, 6.45) is 9.80. The number of hydrogen-bond acceptors (Lipinski definition) is 2. The van der Waals surface area contributed by atoms with Crippen LogP contribution in [0, 0.1) is 23.6 Å². The Morgan fingerprint density at radius 2 is 1.96 bits per heavy atom. The van der Waals surface area contributed by atoms with Crippen LogP contribution in [0.4, 0.5) is 10.1 Å². The van der Waals surface area contributed by atoms with E-state index in [1.807, 2.05) is 6.07 Å². The molecule has 5 rings (SSSR count). The molecule has 130 valence electrons. The second-order valence-electron chi connectivity index (χ2n) is 8.90. The van der Waals surface area contributed by atoms with Crippen molar-refractivity contribution in [2.24, 2.45) is 17.8 Å². The zero-order valence-corrected chi connectivity index (χ0v) is 14.6. The maximum Gasteiger partial charge on any atom is 0.123 e. The van der Waals surface area contributed by atoms with Crippen molar-refractivity contribution >= 4 is 5.69 Å². The van der Waals surface area contributed by atoms with E-state index in [9.17, 15) is 4.39 Å². The maximum absolute atomic E-state index is 13.7. The van der Waals surface area contributed by atoms with Crippen molar-refractivity contribution in [3.05, 3.63) is 29.6 Å². The normalized spacial score (nSPS) is 34.3. The molecule has 1 saturated heterocycles. The lowest BCUT2D eigenvalue weighted by atomic mass is 9.73. The van der Waals surface area contributed by atoms with Gasteiger partial charge in [-0.05, 0) is 86.7 Å². The zero-order valence-electron chi connectivity index (χ0n) is 14.6. The third-order valence-electron chi connectivity index (χ3n) is 7.67. The van der Waals surface area contributed by atoms with E-state index in [0.29, 0.717) is 0 Å². The fourth-order valence-corrected chi connectivity index (χ4v) is 6.14. The van der Waals surface area contributed by atoms with Crippen molar-refractivity contribution in [2.45, 2.75) is 50.4 Å². The van der Waals surface area contributed by atoms with Gasteiger partial charge >= 0.3 is 0 Å². The third kappa shape index (κ3) is 2.47. The van der Waals surface area contributed by atoms with Crippen LogP contribution in [-0.4, -0.2) is 31.1 Å². The van der Waals surface area contributed by atoms with Crippen molar-refractivity contribution in [2.75, 3.05) is 31.5 Å². The van der Waals surface area contributed by atoms with Gasteiger partial charge in [0.2, 0.25) is 0 Å². The van der Waals surface area contributed by atoms with Crippen molar-refractivity contribution in [1.82, 2.24) is 4.90 Å². The molecule has 24 heavy (non-hydrogen) atoms. The molecule has 1 spiro atoms. The monoisotopic (exact) mass is 328 g/mol. The van der Waals surface area contributed by atoms with E-state index >= 15 is 0 Å². The van der Waals surface area contributed by atoms with Gasteiger partial charge in [-0.3, -0.25) is 0 Å². The molecule has 1 aromatic carbocycles. The van der Waals surface area contributed by atoms with Gasteiger partial charge in [-0.15, -0.1) is 0 Å². The molecule has 1 N–H and O–H groups in total. The summed E-state index contributed by atoms with van der Waals surface area (Å²) in [7, 11) is 0. The van der Waals surface area contributed by atoms with Crippen molar-refractivity contribution < 1.29 is 4.39 Å². The van der Waals surface area contributed by atoms with Gasteiger partial charge in [0.25, 0.3) is 0 Å². The van der Waals surface area contributed by atoms with Crippen molar-refractivity contribution in [1.29, 1.82) is 0 Å². The lowest BCUT2D eigenvalue weighted by Gasteiger charge is -2.42. The average Bonchev–Trinajstić information content (AvgIpc) is 3.15. The number of piperidine rings is 1. The first-order valence-corrected chi connectivity index (χ1v) is 9.98. The summed E-state index contributed by atoms with van der Waals surface area (Å²) >= 11 is 0. The summed E-state index contributed by atoms with van der Waals surface area (Å²) in [4.78, 5) is 2.71. The quantitative estimate of drug-likeness (QED) is 0.865. The molecule has 2 aliphatic heterocycles. The summed E-state index contributed by atoms with van der Waals surface area (Å²) in [5.74, 6) is 2.94. The first kappa shape index (κ1) is 15.2. The van der Waals surface area contributed by atoms with Crippen LogP contribution in [0.25, 0.3) is 0 Å². The van der Waals surface area contributed by atoms with Crippen molar-refractivity contribution in [3.8, 4) is 0 Å². The molecule has 3 atom stereocenters. The molecule has 2 bridgehead atoms. The first-order valence-electron chi connectivity index (χ1n) is 9.98. The highest BCUT2D eigenvalue weighted by molar-refractivity contribution is 5.60. The minimum atomic E-state index is -0.0859. The smallest absolute Gasteiger partial charge is 0.123 e. The summed E-state index contributed by atoms with van der Waals surface area (Å²) in [5.41, 5.74) is 2.58. The molecule has 2 nitrogen and oxygen atoms in total. The van der Waals surface area contributed by atoms with E-state index in [0.717, 1.165) is 30.0 Å². The van der Waals surface area contributed by atoms with Gasteiger partial charge in [-0.1, -0.05) is 12.8 Å². The molecule has 4 aliphatic rings. The second-order valence-corrected chi connectivity index (χ2v) is 8.90. The number of benzene rings is 1. The molecule has 1 aromatic rings. The van der Waals surface area contributed by atoms with Gasteiger partial charge in [0, 0.05) is 24.2 Å². The van der Waals surface area contributed by atoms with Crippen LogP contribution in [0.5, 0.6) is 0 Å². The summed E-state index contributed by atoms with van der Waals surface area (Å²) in [5, 5.41) is 3.52. The highest BCUT2D eigenvalue weighted by Gasteiger charge is 2.43. The van der Waals surface area contributed by atoms with E-state index in [1.54, 1.807) is 12.1 Å². The number of rotatable bonds is 2. The Hall–Kier alpha value is -1.09. The molecule has 2 aliphatic carbocycles. The Morgan fingerprint density at radius 3 is 2.83 bits per heavy atom. The highest BCUT2D eigenvalue weighted by Crippen LogP contribution is 2.47. The second kappa shape index (κ2) is 5.72. The van der Waals surface area contributed by atoms with Gasteiger partial charge < -0.3 is 10.2 Å². The van der Waals surface area contributed by atoms with Gasteiger partial charge in [-0.2, -0.15) is 0 Å². The summed E-state index contributed by atoms with van der Waals surface area (Å²) in [6.45, 7) is 4.68. The minimum Gasteiger partial charge on any atom is -0.384 e. The molecule has 3 fully saturated rings. The number of fused-ring (bicyclic) bond motifs is 4. The molecule has 2 heterocycles.